The average Bonchev–Trinajstić information content (AvgIpc) is 3.29. The summed E-state index contributed by atoms with van der Waals surface area (Å²) in [6, 6.07) is 19.8. The van der Waals surface area contributed by atoms with E-state index in [2.05, 4.69) is 39.6 Å². The van der Waals surface area contributed by atoms with Gasteiger partial charge in [0.2, 0.25) is 5.91 Å². The minimum Gasteiger partial charge on any atom is -0.355 e. The minimum atomic E-state index is -0.0396. The average molecular weight is 492 g/mol. The van der Waals surface area contributed by atoms with E-state index >= 15 is 0 Å². The fourth-order valence-corrected chi connectivity index (χ4v) is 4.69. The molecule has 2 aromatic carbocycles. The number of carbonyl (C=O) groups excluding carboxylic acids is 1. The fourth-order valence-electron chi connectivity index (χ4n) is 3.75. The van der Waals surface area contributed by atoms with Gasteiger partial charge in [-0.3, -0.25) is 14.3 Å². The van der Waals surface area contributed by atoms with Crippen LogP contribution >= 0.6 is 23.4 Å². The predicted octanol–water partition coefficient (Wildman–Crippen LogP) is 5.69. The van der Waals surface area contributed by atoms with E-state index < -0.39 is 0 Å². The Balaban J connectivity index is 1.52. The van der Waals surface area contributed by atoms with Crippen LogP contribution in [-0.2, 0) is 4.79 Å². The summed E-state index contributed by atoms with van der Waals surface area (Å²) < 4.78 is 1.95. The minimum absolute atomic E-state index is 0.0396. The number of hydrogen-bond donors (Lipinski definition) is 1. The van der Waals surface area contributed by atoms with Gasteiger partial charge in [-0.05, 0) is 48.7 Å². The molecule has 4 rings (SSSR count). The van der Waals surface area contributed by atoms with Gasteiger partial charge in [-0.2, -0.15) is 0 Å². The molecule has 0 aliphatic carbocycles. The maximum atomic E-state index is 12.7. The number of aromatic nitrogens is 4. The van der Waals surface area contributed by atoms with Crippen LogP contribution in [0.4, 0.5) is 0 Å². The lowest BCUT2D eigenvalue weighted by atomic mass is 9.96. The highest BCUT2D eigenvalue weighted by atomic mass is 35.5. The zero-order valence-electron chi connectivity index (χ0n) is 19.1. The highest BCUT2D eigenvalue weighted by molar-refractivity contribution is 7.99. The van der Waals surface area contributed by atoms with Gasteiger partial charge in [-0.25, -0.2) is 0 Å². The third-order valence-electron chi connectivity index (χ3n) is 5.69. The van der Waals surface area contributed by atoms with Crippen LogP contribution in [0.1, 0.15) is 30.4 Å². The lowest BCUT2D eigenvalue weighted by Gasteiger charge is -2.16. The number of thioether (sulfide) groups is 1. The smallest absolute Gasteiger partial charge is 0.230 e. The van der Waals surface area contributed by atoms with E-state index in [0.717, 1.165) is 23.2 Å². The maximum Gasteiger partial charge on any atom is 0.230 e. The molecule has 0 aliphatic heterocycles. The van der Waals surface area contributed by atoms with Crippen LogP contribution in [0.2, 0.25) is 5.02 Å². The Morgan fingerprint density at radius 2 is 1.82 bits per heavy atom. The molecule has 1 N–H and O–H groups in total. The molecule has 1 amide bonds. The summed E-state index contributed by atoms with van der Waals surface area (Å²) in [5, 5.41) is 13.2. The molecule has 0 spiro atoms. The van der Waals surface area contributed by atoms with Crippen molar-refractivity contribution in [1.29, 1.82) is 0 Å². The Morgan fingerprint density at radius 3 is 2.56 bits per heavy atom. The van der Waals surface area contributed by atoms with E-state index in [1.54, 1.807) is 12.4 Å². The number of hydrogen-bond acceptors (Lipinski definition) is 5. The third-order valence-corrected chi connectivity index (χ3v) is 7.03. The number of nitrogens with one attached hydrogen (secondary N) is 1. The highest BCUT2D eigenvalue weighted by Crippen LogP contribution is 2.31. The second-order valence-electron chi connectivity index (χ2n) is 7.87. The second-order valence-corrected chi connectivity index (χ2v) is 9.22. The zero-order valence-corrected chi connectivity index (χ0v) is 20.7. The number of pyridine rings is 1. The molecule has 174 valence electrons. The van der Waals surface area contributed by atoms with Crippen molar-refractivity contribution in [2.75, 3.05) is 12.3 Å². The van der Waals surface area contributed by atoms with E-state index in [1.165, 1.54) is 17.3 Å². The van der Waals surface area contributed by atoms with Crippen LogP contribution in [0.3, 0.4) is 0 Å². The maximum absolute atomic E-state index is 12.7. The predicted molar refractivity (Wildman–Crippen MR) is 138 cm³/mol. The highest BCUT2D eigenvalue weighted by Gasteiger charge is 2.19. The van der Waals surface area contributed by atoms with E-state index in [-0.39, 0.29) is 17.6 Å². The molecule has 2 aromatic heterocycles. The summed E-state index contributed by atoms with van der Waals surface area (Å²) in [6.07, 6.45) is 4.39. The first-order valence-electron chi connectivity index (χ1n) is 11.1. The fraction of sp³-hybridized carbons (Fsp3) is 0.231. The van der Waals surface area contributed by atoms with Crippen molar-refractivity contribution < 1.29 is 4.79 Å². The van der Waals surface area contributed by atoms with Crippen LogP contribution in [0, 0.1) is 6.92 Å². The van der Waals surface area contributed by atoms with Gasteiger partial charge in [0, 0.05) is 35.4 Å². The lowest BCUT2D eigenvalue weighted by Crippen LogP contribution is -2.29. The summed E-state index contributed by atoms with van der Waals surface area (Å²) >= 11 is 7.76. The molecular weight excluding hydrogens is 466 g/mol. The monoisotopic (exact) mass is 491 g/mol. The van der Waals surface area contributed by atoms with E-state index in [9.17, 15) is 4.79 Å². The molecule has 0 fully saturated rings. The molecular formula is C26H26ClN5OS. The Hall–Kier alpha value is -3.16. The van der Waals surface area contributed by atoms with Gasteiger partial charge in [0.25, 0.3) is 0 Å². The first kappa shape index (κ1) is 24.0. The Labute approximate surface area is 208 Å². The van der Waals surface area contributed by atoms with Gasteiger partial charge >= 0.3 is 0 Å². The first-order valence-corrected chi connectivity index (χ1v) is 12.5. The van der Waals surface area contributed by atoms with Gasteiger partial charge in [-0.15, -0.1) is 10.2 Å². The molecule has 0 saturated heterocycles. The molecule has 4 aromatic rings. The molecule has 0 radical (unpaired) electrons. The largest absolute Gasteiger partial charge is 0.355 e. The topological polar surface area (TPSA) is 72.7 Å². The summed E-state index contributed by atoms with van der Waals surface area (Å²) in [4.78, 5) is 16.8. The van der Waals surface area contributed by atoms with Crippen molar-refractivity contribution in [3.8, 4) is 17.1 Å². The number of halogens is 1. The Kier molecular flexibility index (Phi) is 7.98. The summed E-state index contributed by atoms with van der Waals surface area (Å²) in [7, 11) is 0. The summed E-state index contributed by atoms with van der Waals surface area (Å²) in [6.45, 7) is 4.70. The van der Waals surface area contributed by atoms with Crippen molar-refractivity contribution in [3.05, 3.63) is 89.2 Å². The molecule has 0 saturated carbocycles. The third kappa shape index (κ3) is 5.48. The second kappa shape index (κ2) is 11.3. The molecule has 6 nitrogen and oxygen atoms in total. The molecule has 1 unspecified atom stereocenters. The number of rotatable bonds is 9. The van der Waals surface area contributed by atoms with Crippen molar-refractivity contribution in [1.82, 2.24) is 25.1 Å². The Morgan fingerprint density at radius 1 is 1.06 bits per heavy atom. The number of benzene rings is 2. The van der Waals surface area contributed by atoms with Crippen LogP contribution in [0.15, 0.2) is 78.2 Å². The lowest BCUT2D eigenvalue weighted by molar-refractivity contribution is -0.118. The normalized spacial score (nSPS) is 11.9. The van der Waals surface area contributed by atoms with Crippen LogP contribution in [0.25, 0.3) is 17.1 Å². The number of amides is 1. The quantitative estimate of drug-likeness (QED) is 0.304. The van der Waals surface area contributed by atoms with Crippen molar-refractivity contribution in [3.63, 3.8) is 0 Å². The van der Waals surface area contributed by atoms with Gasteiger partial charge in [-0.1, -0.05) is 66.7 Å². The van der Waals surface area contributed by atoms with Crippen LogP contribution in [-0.4, -0.2) is 38.0 Å². The number of carbonyl (C=O) groups is 1. The van der Waals surface area contributed by atoms with E-state index in [4.69, 9.17) is 11.6 Å². The SMILES string of the molecule is CCC(CNC(=O)CSc1nnc(-c2ccncc2)n1-c1cccc(Cl)c1C)c1ccccc1. The van der Waals surface area contributed by atoms with Gasteiger partial charge < -0.3 is 5.32 Å². The van der Waals surface area contributed by atoms with Crippen molar-refractivity contribution >= 4 is 29.3 Å². The summed E-state index contributed by atoms with van der Waals surface area (Å²) in [5.74, 6) is 1.15. The van der Waals surface area contributed by atoms with Crippen molar-refractivity contribution in [2.45, 2.75) is 31.3 Å². The zero-order chi connectivity index (χ0) is 23.9. The van der Waals surface area contributed by atoms with Crippen LogP contribution in [0.5, 0.6) is 0 Å². The Bertz CT molecular complexity index is 1250. The van der Waals surface area contributed by atoms with Crippen LogP contribution < -0.4 is 5.32 Å². The van der Waals surface area contributed by atoms with Gasteiger partial charge in [0.15, 0.2) is 11.0 Å². The van der Waals surface area contributed by atoms with Gasteiger partial charge in [0.05, 0.1) is 11.4 Å². The molecule has 0 aliphatic rings. The van der Waals surface area contributed by atoms with Crippen molar-refractivity contribution in [2.24, 2.45) is 0 Å². The summed E-state index contributed by atoms with van der Waals surface area (Å²) in [5.41, 5.74) is 3.91. The molecule has 34 heavy (non-hydrogen) atoms. The van der Waals surface area contributed by atoms with E-state index in [1.807, 2.05) is 60.0 Å². The standard InChI is InChI=1S/C26H26ClN5OS/c1-3-19(20-8-5-4-6-9-20)16-29-24(33)17-34-26-31-30-25(21-12-14-28-15-13-21)32(26)23-11-7-10-22(27)18(23)2/h4-15,19H,3,16-17H2,1-2H3,(H,29,33). The molecule has 2 heterocycles. The molecule has 0 bridgehead atoms. The van der Waals surface area contributed by atoms with E-state index in [0.29, 0.717) is 22.5 Å². The first-order chi connectivity index (χ1) is 16.6. The van der Waals surface area contributed by atoms with Gasteiger partial charge in [0.1, 0.15) is 0 Å². The number of nitrogens with zero attached hydrogens (tertiary/aromatic N) is 4. The molecule has 1 atom stereocenters. The molecule has 8 heteroatoms.